The van der Waals surface area contributed by atoms with Crippen LogP contribution in [-0.2, 0) is 11.3 Å². The molecule has 1 heterocycles. The molecule has 3 aromatic rings. The van der Waals surface area contributed by atoms with Crippen molar-refractivity contribution in [3.05, 3.63) is 65.0 Å². The molecule has 0 saturated carbocycles. The van der Waals surface area contributed by atoms with Gasteiger partial charge < -0.3 is 9.32 Å². The van der Waals surface area contributed by atoms with Gasteiger partial charge in [0.25, 0.3) is 5.22 Å². The van der Waals surface area contributed by atoms with E-state index in [1.54, 1.807) is 31.0 Å². The molecule has 0 radical (unpaired) electrons. The van der Waals surface area contributed by atoms with Gasteiger partial charge in [-0.2, -0.15) is 0 Å². The van der Waals surface area contributed by atoms with Crippen LogP contribution in [0.3, 0.4) is 0 Å². The zero-order valence-corrected chi connectivity index (χ0v) is 17.1. The highest BCUT2D eigenvalue weighted by Gasteiger charge is 2.22. The number of aromatic nitrogens is 2. The van der Waals surface area contributed by atoms with Gasteiger partial charge in [0.1, 0.15) is 5.82 Å². The van der Waals surface area contributed by atoms with E-state index in [0.717, 1.165) is 22.3 Å². The molecule has 0 bridgehead atoms. The normalized spacial score (nSPS) is 12.0. The number of amides is 1. The fourth-order valence-corrected chi connectivity index (χ4v) is 3.77. The smallest absolute Gasteiger partial charge is 0.277 e. The Kier molecular flexibility index (Phi) is 6.14. The fraction of sp³-hybridized carbons (Fsp3) is 0.286. The number of nitrogens with zero attached hydrogens (tertiary/aromatic N) is 3. The van der Waals surface area contributed by atoms with Crippen molar-refractivity contribution in [3.8, 4) is 11.5 Å². The summed E-state index contributed by atoms with van der Waals surface area (Å²) in [6.45, 7) is 6.14. The van der Waals surface area contributed by atoms with Gasteiger partial charge in [-0.05, 0) is 50.6 Å². The van der Waals surface area contributed by atoms with E-state index in [9.17, 15) is 9.18 Å². The number of carbonyl (C=O) groups is 1. The van der Waals surface area contributed by atoms with Crippen LogP contribution in [0.2, 0.25) is 0 Å². The second-order valence-corrected chi connectivity index (χ2v) is 8.13. The van der Waals surface area contributed by atoms with Gasteiger partial charge in [0, 0.05) is 19.2 Å². The first-order chi connectivity index (χ1) is 13.3. The van der Waals surface area contributed by atoms with Crippen LogP contribution < -0.4 is 0 Å². The Bertz CT molecular complexity index is 969. The Hall–Kier alpha value is -2.67. The number of aryl methyl sites for hydroxylation is 2. The Labute approximate surface area is 168 Å². The summed E-state index contributed by atoms with van der Waals surface area (Å²) in [5.74, 6) is 0.0213. The lowest BCUT2D eigenvalue weighted by atomic mass is 10.1. The van der Waals surface area contributed by atoms with Crippen LogP contribution in [0.4, 0.5) is 4.39 Å². The maximum atomic E-state index is 13.3. The van der Waals surface area contributed by atoms with Gasteiger partial charge in [0.05, 0.1) is 5.25 Å². The molecule has 0 saturated heterocycles. The van der Waals surface area contributed by atoms with Crippen molar-refractivity contribution in [2.24, 2.45) is 0 Å². The minimum atomic E-state index is -0.411. The predicted molar refractivity (Wildman–Crippen MR) is 107 cm³/mol. The SMILES string of the molecule is Cc1cc(C)cc(-c2nnc(SC(C)C(=O)N(C)Cc3cccc(F)c3)o2)c1. The summed E-state index contributed by atoms with van der Waals surface area (Å²) in [5.41, 5.74) is 3.83. The number of halogens is 1. The van der Waals surface area contributed by atoms with Crippen molar-refractivity contribution in [2.45, 2.75) is 37.8 Å². The molecule has 0 aliphatic carbocycles. The highest BCUT2D eigenvalue weighted by atomic mass is 32.2. The molecule has 1 unspecified atom stereocenters. The standard InChI is InChI=1S/C21H22FN3O2S/c1-13-8-14(2)10-17(9-13)19-23-24-21(27-19)28-15(3)20(26)25(4)12-16-6-5-7-18(22)11-16/h5-11,15H,12H2,1-4H3. The number of thioether (sulfide) groups is 1. The van der Waals surface area contributed by atoms with E-state index < -0.39 is 5.25 Å². The molecule has 0 fully saturated rings. The van der Waals surface area contributed by atoms with Crippen molar-refractivity contribution in [1.82, 2.24) is 15.1 Å². The van der Waals surface area contributed by atoms with E-state index in [0.29, 0.717) is 17.7 Å². The molecule has 0 N–H and O–H groups in total. The summed E-state index contributed by atoms with van der Waals surface area (Å²) in [6, 6.07) is 12.3. The van der Waals surface area contributed by atoms with Crippen molar-refractivity contribution >= 4 is 17.7 Å². The lowest BCUT2D eigenvalue weighted by Gasteiger charge is -2.20. The summed E-state index contributed by atoms with van der Waals surface area (Å²) >= 11 is 1.21. The van der Waals surface area contributed by atoms with Crippen LogP contribution in [0, 0.1) is 19.7 Å². The Balaban J connectivity index is 1.64. The molecule has 1 amide bonds. The van der Waals surface area contributed by atoms with Crippen LogP contribution in [-0.4, -0.2) is 33.3 Å². The van der Waals surface area contributed by atoms with E-state index in [4.69, 9.17) is 4.42 Å². The molecular formula is C21H22FN3O2S. The summed E-state index contributed by atoms with van der Waals surface area (Å²) in [5, 5.41) is 8.09. The van der Waals surface area contributed by atoms with Crippen LogP contribution in [0.1, 0.15) is 23.6 Å². The van der Waals surface area contributed by atoms with Gasteiger partial charge in [-0.25, -0.2) is 4.39 Å². The molecule has 0 spiro atoms. The van der Waals surface area contributed by atoms with Crippen LogP contribution >= 0.6 is 11.8 Å². The molecule has 5 nitrogen and oxygen atoms in total. The van der Waals surface area contributed by atoms with Crippen molar-refractivity contribution in [1.29, 1.82) is 0 Å². The molecule has 1 atom stereocenters. The van der Waals surface area contributed by atoms with E-state index in [2.05, 4.69) is 16.3 Å². The average Bonchev–Trinajstić information content (AvgIpc) is 3.08. The zero-order valence-electron chi connectivity index (χ0n) is 16.3. The maximum Gasteiger partial charge on any atom is 0.277 e. The topological polar surface area (TPSA) is 59.2 Å². The van der Waals surface area contributed by atoms with Crippen LogP contribution in [0.5, 0.6) is 0 Å². The third-order valence-corrected chi connectivity index (χ3v) is 5.11. The number of hydrogen-bond acceptors (Lipinski definition) is 5. The number of hydrogen-bond donors (Lipinski definition) is 0. The number of carbonyl (C=O) groups excluding carboxylic acids is 1. The molecule has 2 aromatic carbocycles. The second kappa shape index (κ2) is 8.56. The summed E-state index contributed by atoms with van der Waals surface area (Å²) in [7, 11) is 1.69. The molecule has 0 aliphatic rings. The minimum Gasteiger partial charge on any atom is -0.411 e. The molecule has 0 aliphatic heterocycles. The average molecular weight is 399 g/mol. The lowest BCUT2D eigenvalue weighted by Crippen LogP contribution is -2.32. The van der Waals surface area contributed by atoms with E-state index >= 15 is 0 Å². The van der Waals surface area contributed by atoms with Crippen molar-refractivity contribution in [2.75, 3.05) is 7.05 Å². The first-order valence-corrected chi connectivity index (χ1v) is 9.78. The van der Waals surface area contributed by atoms with E-state index in [1.807, 2.05) is 26.0 Å². The molecular weight excluding hydrogens is 377 g/mol. The van der Waals surface area contributed by atoms with Crippen LogP contribution in [0.15, 0.2) is 52.1 Å². The molecule has 7 heteroatoms. The second-order valence-electron chi connectivity index (χ2n) is 6.83. The first-order valence-electron chi connectivity index (χ1n) is 8.90. The monoisotopic (exact) mass is 399 g/mol. The summed E-state index contributed by atoms with van der Waals surface area (Å²) in [4.78, 5) is 14.2. The van der Waals surface area contributed by atoms with Gasteiger partial charge in [-0.1, -0.05) is 41.1 Å². The third-order valence-electron chi connectivity index (χ3n) is 4.19. The highest BCUT2D eigenvalue weighted by molar-refractivity contribution is 8.00. The molecule has 1 aromatic heterocycles. The van der Waals surface area contributed by atoms with Gasteiger partial charge >= 0.3 is 0 Å². The quantitative estimate of drug-likeness (QED) is 0.566. The zero-order chi connectivity index (χ0) is 20.3. The Morgan fingerprint density at radius 2 is 1.89 bits per heavy atom. The third kappa shape index (κ3) is 4.98. The van der Waals surface area contributed by atoms with E-state index in [1.165, 1.54) is 23.9 Å². The van der Waals surface area contributed by atoms with Crippen molar-refractivity contribution in [3.63, 3.8) is 0 Å². The largest absolute Gasteiger partial charge is 0.411 e. The van der Waals surface area contributed by atoms with Gasteiger partial charge in [0.15, 0.2) is 0 Å². The predicted octanol–water partition coefficient (Wildman–Crippen LogP) is 4.63. The van der Waals surface area contributed by atoms with E-state index in [-0.39, 0.29) is 11.7 Å². The summed E-state index contributed by atoms with van der Waals surface area (Å²) in [6.07, 6.45) is 0. The van der Waals surface area contributed by atoms with Gasteiger partial charge in [-0.15, -0.1) is 10.2 Å². The van der Waals surface area contributed by atoms with Gasteiger partial charge in [-0.3, -0.25) is 4.79 Å². The Morgan fingerprint density at radius 1 is 1.18 bits per heavy atom. The maximum absolute atomic E-state index is 13.3. The molecule has 28 heavy (non-hydrogen) atoms. The molecule has 3 rings (SSSR count). The lowest BCUT2D eigenvalue weighted by molar-refractivity contribution is -0.129. The number of rotatable bonds is 6. The first kappa shape index (κ1) is 20.1. The van der Waals surface area contributed by atoms with Gasteiger partial charge in [0.2, 0.25) is 11.8 Å². The molecule has 146 valence electrons. The van der Waals surface area contributed by atoms with Crippen LogP contribution in [0.25, 0.3) is 11.5 Å². The minimum absolute atomic E-state index is 0.0968. The highest BCUT2D eigenvalue weighted by Crippen LogP contribution is 2.28. The van der Waals surface area contributed by atoms with Crippen molar-refractivity contribution < 1.29 is 13.6 Å². The Morgan fingerprint density at radius 3 is 2.57 bits per heavy atom. The summed E-state index contributed by atoms with van der Waals surface area (Å²) < 4.78 is 19.1. The number of benzene rings is 2. The fourth-order valence-electron chi connectivity index (χ4n) is 2.97.